The van der Waals surface area contributed by atoms with Crippen molar-refractivity contribution < 1.29 is 22.7 Å². The average Bonchev–Trinajstić information content (AvgIpc) is 3.08. The number of nitrogens with zero attached hydrogens (tertiary/aromatic N) is 4. The third-order valence-electron chi connectivity index (χ3n) is 6.60. The highest BCUT2D eigenvalue weighted by Gasteiger charge is 2.37. The molecule has 184 valence electrons. The lowest BCUT2D eigenvalue weighted by Crippen LogP contribution is -2.56. The van der Waals surface area contributed by atoms with Crippen LogP contribution >= 0.6 is 0 Å². The number of carbonyl (C=O) groups is 2. The van der Waals surface area contributed by atoms with E-state index >= 15 is 0 Å². The van der Waals surface area contributed by atoms with Gasteiger partial charge in [0, 0.05) is 52.4 Å². The molecule has 1 N–H and O–H groups in total. The second kappa shape index (κ2) is 12.2. The maximum atomic E-state index is 13.1. The average molecular weight is 474 g/mol. The smallest absolute Gasteiger partial charge is 0.409 e. The van der Waals surface area contributed by atoms with Crippen LogP contribution in [0, 0.1) is 5.92 Å². The number of hydrogen-bond donors (Lipinski definition) is 1. The zero-order chi connectivity index (χ0) is 23.0. The van der Waals surface area contributed by atoms with Gasteiger partial charge in [0.15, 0.2) is 0 Å². The van der Waals surface area contributed by atoms with Crippen LogP contribution in [0.25, 0.3) is 0 Å². The lowest BCUT2D eigenvalue weighted by Gasteiger charge is -2.38. The molecule has 2 amide bonds. The fraction of sp³-hybridized carbons (Fsp3) is 0.905. The molecule has 0 radical (unpaired) electrons. The second-order valence-electron chi connectivity index (χ2n) is 8.84. The van der Waals surface area contributed by atoms with Gasteiger partial charge < -0.3 is 19.9 Å². The summed E-state index contributed by atoms with van der Waals surface area (Å²) in [5, 5.41) is 3.03. The summed E-state index contributed by atoms with van der Waals surface area (Å²) in [6, 6.07) is 0. The van der Waals surface area contributed by atoms with Crippen LogP contribution in [0.2, 0.25) is 0 Å². The monoisotopic (exact) mass is 473 g/mol. The van der Waals surface area contributed by atoms with E-state index in [1.807, 2.05) is 0 Å². The Morgan fingerprint density at radius 2 is 1.59 bits per heavy atom. The van der Waals surface area contributed by atoms with Crippen LogP contribution in [0.4, 0.5) is 4.79 Å². The summed E-state index contributed by atoms with van der Waals surface area (Å²) in [5.74, 6) is -0.365. The number of rotatable bonds is 7. The molecule has 0 unspecified atom stereocenters. The van der Waals surface area contributed by atoms with Gasteiger partial charge in [-0.15, -0.1) is 0 Å². The van der Waals surface area contributed by atoms with E-state index in [9.17, 15) is 18.0 Å². The number of nitrogens with one attached hydrogen (secondary N) is 1. The molecule has 3 heterocycles. The molecule has 10 nitrogen and oxygen atoms in total. The molecule has 0 aromatic rings. The fourth-order valence-electron chi connectivity index (χ4n) is 4.69. The third-order valence-corrected chi connectivity index (χ3v) is 8.60. The Morgan fingerprint density at radius 3 is 2.25 bits per heavy atom. The number of piperidine rings is 1. The molecule has 0 bridgehead atoms. The summed E-state index contributed by atoms with van der Waals surface area (Å²) in [6.07, 6.45) is 5.99. The van der Waals surface area contributed by atoms with Gasteiger partial charge >= 0.3 is 6.09 Å². The van der Waals surface area contributed by atoms with Crippen molar-refractivity contribution in [3.63, 3.8) is 0 Å². The van der Waals surface area contributed by atoms with E-state index in [-0.39, 0.29) is 31.5 Å². The summed E-state index contributed by atoms with van der Waals surface area (Å²) >= 11 is 0. The van der Waals surface area contributed by atoms with E-state index in [1.165, 1.54) is 39.2 Å². The molecular formula is C21H39N5O5S. The topological polar surface area (TPSA) is 102 Å². The van der Waals surface area contributed by atoms with Crippen molar-refractivity contribution in [2.45, 2.75) is 45.4 Å². The van der Waals surface area contributed by atoms with Crippen molar-refractivity contribution in [1.82, 2.24) is 23.7 Å². The van der Waals surface area contributed by atoms with Gasteiger partial charge in [0.05, 0.1) is 12.5 Å². The van der Waals surface area contributed by atoms with Gasteiger partial charge in [-0.1, -0.05) is 12.8 Å². The lowest BCUT2D eigenvalue weighted by molar-refractivity contribution is -0.126. The highest BCUT2D eigenvalue weighted by molar-refractivity contribution is 7.86. The van der Waals surface area contributed by atoms with Gasteiger partial charge in [0.1, 0.15) is 0 Å². The Labute approximate surface area is 192 Å². The summed E-state index contributed by atoms with van der Waals surface area (Å²) in [5.41, 5.74) is 0. The highest BCUT2D eigenvalue weighted by atomic mass is 32.2. The second-order valence-corrected chi connectivity index (χ2v) is 10.8. The number of carbonyl (C=O) groups excluding carboxylic acids is 2. The fourth-order valence-corrected chi connectivity index (χ4v) is 6.37. The predicted molar refractivity (Wildman–Crippen MR) is 121 cm³/mol. The van der Waals surface area contributed by atoms with Gasteiger partial charge in [-0.2, -0.15) is 17.0 Å². The van der Waals surface area contributed by atoms with E-state index in [0.29, 0.717) is 45.6 Å². The van der Waals surface area contributed by atoms with E-state index in [0.717, 1.165) is 19.6 Å². The van der Waals surface area contributed by atoms with Crippen molar-refractivity contribution in [3.05, 3.63) is 0 Å². The first kappa shape index (κ1) is 25.2. The van der Waals surface area contributed by atoms with Crippen molar-refractivity contribution in [3.8, 4) is 0 Å². The molecule has 32 heavy (non-hydrogen) atoms. The minimum atomic E-state index is -3.65. The standard InChI is InChI=1S/C21H39N5O5S/c1-2-31-21(28)24-14-16-25(17-15-24)32(29,30)26-12-7-8-19(18-26)20(27)22-9-13-23-10-5-3-4-6-11-23/h19H,2-18H2,1H3,(H,22,27)/t19-/m0/s1. The first-order valence-corrected chi connectivity index (χ1v) is 13.5. The molecule has 0 aliphatic carbocycles. The summed E-state index contributed by atoms with van der Waals surface area (Å²) in [7, 11) is -3.65. The molecule has 3 rings (SSSR count). The van der Waals surface area contributed by atoms with Crippen LogP contribution < -0.4 is 5.32 Å². The normalized spacial score (nSPS) is 24.7. The first-order chi connectivity index (χ1) is 15.4. The zero-order valence-corrected chi connectivity index (χ0v) is 20.2. The SMILES string of the molecule is CCOC(=O)N1CCN(S(=O)(=O)N2CCC[C@H](C(=O)NCCN3CCCCCC3)C2)CC1. The van der Waals surface area contributed by atoms with E-state index in [4.69, 9.17) is 4.74 Å². The van der Waals surface area contributed by atoms with Gasteiger partial charge in [-0.05, 0) is 45.7 Å². The van der Waals surface area contributed by atoms with Crippen LogP contribution in [-0.2, 0) is 19.7 Å². The molecular weight excluding hydrogens is 434 g/mol. The van der Waals surface area contributed by atoms with Gasteiger partial charge in [0.2, 0.25) is 5.91 Å². The quantitative estimate of drug-likeness (QED) is 0.584. The molecule has 1 atom stereocenters. The van der Waals surface area contributed by atoms with E-state index < -0.39 is 16.3 Å². The molecule has 3 fully saturated rings. The minimum Gasteiger partial charge on any atom is -0.450 e. The molecule has 0 aromatic heterocycles. The molecule has 11 heteroatoms. The molecule has 3 saturated heterocycles. The Morgan fingerprint density at radius 1 is 0.906 bits per heavy atom. The van der Waals surface area contributed by atoms with Crippen molar-refractivity contribution >= 4 is 22.2 Å². The number of hydrogen-bond acceptors (Lipinski definition) is 6. The maximum Gasteiger partial charge on any atom is 0.409 e. The Bertz CT molecular complexity index is 718. The van der Waals surface area contributed by atoms with Crippen molar-refractivity contribution in [2.24, 2.45) is 5.92 Å². The predicted octanol–water partition coefficient (Wildman–Crippen LogP) is 0.710. The number of amides is 2. The molecule has 0 aromatic carbocycles. The number of piperazine rings is 1. The maximum absolute atomic E-state index is 13.1. The minimum absolute atomic E-state index is 0.0492. The Balaban J connectivity index is 1.45. The molecule has 3 aliphatic heterocycles. The largest absolute Gasteiger partial charge is 0.450 e. The van der Waals surface area contributed by atoms with Crippen LogP contribution in [0.5, 0.6) is 0 Å². The summed E-state index contributed by atoms with van der Waals surface area (Å²) in [6.45, 7) is 7.44. The van der Waals surface area contributed by atoms with Gasteiger partial charge in [-0.3, -0.25) is 4.79 Å². The first-order valence-electron chi connectivity index (χ1n) is 12.1. The Kier molecular flexibility index (Phi) is 9.57. The number of ether oxygens (including phenoxy) is 1. The summed E-state index contributed by atoms with van der Waals surface area (Å²) in [4.78, 5) is 28.5. The van der Waals surface area contributed by atoms with Crippen molar-refractivity contribution in [2.75, 3.05) is 72.1 Å². The van der Waals surface area contributed by atoms with E-state index in [1.54, 1.807) is 6.92 Å². The van der Waals surface area contributed by atoms with Crippen LogP contribution in [-0.4, -0.2) is 111 Å². The van der Waals surface area contributed by atoms with Crippen molar-refractivity contribution in [1.29, 1.82) is 0 Å². The van der Waals surface area contributed by atoms with Crippen LogP contribution in [0.15, 0.2) is 0 Å². The zero-order valence-electron chi connectivity index (χ0n) is 19.3. The summed E-state index contributed by atoms with van der Waals surface area (Å²) < 4.78 is 34.1. The van der Waals surface area contributed by atoms with Gasteiger partial charge in [-0.25, -0.2) is 4.79 Å². The molecule has 0 saturated carbocycles. The van der Waals surface area contributed by atoms with Crippen LogP contribution in [0.3, 0.4) is 0 Å². The molecule has 0 spiro atoms. The number of likely N-dealkylation sites (tertiary alicyclic amines) is 1. The Hall–Kier alpha value is -1.43. The van der Waals surface area contributed by atoms with E-state index in [2.05, 4.69) is 10.2 Å². The van der Waals surface area contributed by atoms with Gasteiger partial charge in [0.25, 0.3) is 10.2 Å². The third kappa shape index (κ3) is 6.79. The lowest BCUT2D eigenvalue weighted by atomic mass is 9.99. The van der Waals surface area contributed by atoms with Crippen LogP contribution in [0.1, 0.15) is 45.4 Å². The molecule has 3 aliphatic rings. The highest BCUT2D eigenvalue weighted by Crippen LogP contribution is 2.22.